The Hall–Kier alpha value is -1.22. The fourth-order valence-electron chi connectivity index (χ4n) is 1.30. The SMILES string of the molecule is C=C(O[Si](C)(C)C(C)(C)C)c1ccc(OC)cc1. The van der Waals surface area contributed by atoms with E-state index in [0.717, 1.165) is 17.1 Å². The van der Waals surface area contributed by atoms with Gasteiger partial charge in [0.05, 0.1) is 7.11 Å². The van der Waals surface area contributed by atoms with Crippen LogP contribution in [0.2, 0.25) is 18.1 Å². The normalized spacial score (nSPS) is 12.1. The lowest BCUT2D eigenvalue weighted by molar-refractivity contribution is 0.414. The number of rotatable bonds is 4. The molecule has 0 aliphatic heterocycles. The predicted molar refractivity (Wildman–Crippen MR) is 80.3 cm³/mol. The fraction of sp³-hybridized carbons (Fsp3) is 0.467. The standard InChI is InChI=1S/C15H24O2Si/c1-12(17-18(6,7)15(2,3)4)13-8-10-14(16-5)11-9-13/h8-11H,1H2,2-7H3. The van der Waals surface area contributed by atoms with Gasteiger partial charge in [-0.05, 0) is 42.4 Å². The Balaban J connectivity index is 2.82. The van der Waals surface area contributed by atoms with E-state index < -0.39 is 8.32 Å². The molecule has 0 aromatic heterocycles. The highest BCUT2D eigenvalue weighted by Crippen LogP contribution is 2.39. The highest BCUT2D eigenvalue weighted by atomic mass is 28.4. The van der Waals surface area contributed by atoms with Gasteiger partial charge < -0.3 is 9.16 Å². The molecule has 0 atom stereocenters. The Morgan fingerprint density at radius 2 is 1.61 bits per heavy atom. The van der Waals surface area contributed by atoms with Crippen LogP contribution in [0.3, 0.4) is 0 Å². The maximum atomic E-state index is 6.17. The molecule has 1 rings (SSSR count). The van der Waals surface area contributed by atoms with Crippen molar-refractivity contribution in [3.05, 3.63) is 36.4 Å². The molecule has 0 fully saturated rings. The molecule has 0 saturated carbocycles. The topological polar surface area (TPSA) is 18.5 Å². The maximum Gasteiger partial charge on any atom is 0.250 e. The van der Waals surface area contributed by atoms with E-state index in [9.17, 15) is 0 Å². The summed E-state index contributed by atoms with van der Waals surface area (Å²) >= 11 is 0. The van der Waals surface area contributed by atoms with Crippen LogP contribution in [0.5, 0.6) is 5.75 Å². The first-order valence-electron chi connectivity index (χ1n) is 6.20. The van der Waals surface area contributed by atoms with Crippen molar-refractivity contribution in [2.45, 2.75) is 38.9 Å². The molecule has 0 unspecified atom stereocenters. The van der Waals surface area contributed by atoms with Crippen LogP contribution in [0.1, 0.15) is 26.3 Å². The van der Waals surface area contributed by atoms with Crippen LogP contribution < -0.4 is 4.74 Å². The van der Waals surface area contributed by atoms with Crippen molar-refractivity contribution in [2.24, 2.45) is 0 Å². The van der Waals surface area contributed by atoms with E-state index >= 15 is 0 Å². The molecule has 0 aliphatic carbocycles. The lowest BCUT2D eigenvalue weighted by atomic mass is 10.2. The predicted octanol–water partition coefficient (Wildman–Crippen LogP) is 4.69. The van der Waals surface area contributed by atoms with Crippen molar-refractivity contribution < 1.29 is 9.16 Å². The molecule has 2 nitrogen and oxygen atoms in total. The monoisotopic (exact) mass is 264 g/mol. The van der Waals surface area contributed by atoms with Gasteiger partial charge in [0.2, 0.25) is 8.32 Å². The van der Waals surface area contributed by atoms with Gasteiger partial charge in [-0.25, -0.2) is 0 Å². The first-order valence-corrected chi connectivity index (χ1v) is 9.10. The minimum atomic E-state index is -1.80. The Kier molecular flexibility index (Phi) is 4.27. The second-order valence-electron chi connectivity index (χ2n) is 6.01. The lowest BCUT2D eigenvalue weighted by Crippen LogP contribution is -2.40. The summed E-state index contributed by atoms with van der Waals surface area (Å²) in [5.41, 5.74) is 1.01. The number of benzene rings is 1. The summed E-state index contributed by atoms with van der Waals surface area (Å²) in [5, 5.41) is 0.183. The second-order valence-corrected chi connectivity index (χ2v) is 10.7. The summed E-state index contributed by atoms with van der Waals surface area (Å²) in [5.74, 6) is 1.60. The van der Waals surface area contributed by atoms with E-state index in [0.29, 0.717) is 0 Å². The average Bonchev–Trinajstić information content (AvgIpc) is 2.27. The maximum absolute atomic E-state index is 6.17. The first-order chi connectivity index (χ1) is 8.17. The molecule has 0 spiro atoms. The van der Waals surface area contributed by atoms with Crippen molar-refractivity contribution in [1.29, 1.82) is 0 Å². The third-order valence-electron chi connectivity index (χ3n) is 3.60. The van der Waals surface area contributed by atoms with Gasteiger partial charge in [-0.3, -0.25) is 0 Å². The van der Waals surface area contributed by atoms with E-state index in [4.69, 9.17) is 9.16 Å². The van der Waals surface area contributed by atoms with Crippen molar-refractivity contribution in [3.8, 4) is 5.75 Å². The van der Waals surface area contributed by atoms with Crippen LogP contribution in [0.4, 0.5) is 0 Å². The molecule has 0 aliphatic rings. The molecule has 3 heteroatoms. The summed E-state index contributed by atoms with van der Waals surface area (Å²) in [6.45, 7) is 15.2. The van der Waals surface area contributed by atoms with Crippen LogP contribution >= 0.6 is 0 Å². The molecular weight excluding hydrogens is 240 g/mol. The van der Waals surface area contributed by atoms with E-state index in [1.54, 1.807) is 7.11 Å². The summed E-state index contributed by atoms with van der Waals surface area (Å²) in [7, 11) is -0.141. The average molecular weight is 264 g/mol. The molecule has 0 bridgehead atoms. The largest absolute Gasteiger partial charge is 0.543 e. The molecule has 100 valence electrons. The van der Waals surface area contributed by atoms with Crippen molar-refractivity contribution >= 4 is 14.1 Å². The van der Waals surface area contributed by atoms with Gasteiger partial charge in [0.1, 0.15) is 11.5 Å². The van der Waals surface area contributed by atoms with Crippen molar-refractivity contribution in [3.63, 3.8) is 0 Å². The molecule has 0 heterocycles. The zero-order valence-electron chi connectivity index (χ0n) is 12.3. The highest BCUT2D eigenvalue weighted by molar-refractivity contribution is 6.74. The zero-order valence-corrected chi connectivity index (χ0v) is 13.3. The van der Waals surface area contributed by atoms with Crippen LogP contribution in [0.25, 0.3) is 5.76 Å². The molecule has 0 N–H and O–H groups in total. The van der Waals surface area contributed by atoms with E-state index in [1.165, 1.54) is 0 Å². The Bertz CT molecular complexity index is 413. The smallest absolute Gasteiger partial charge is 0.250 e. The van der Waals surface area contributed by atoms with Crippen molar-refractivity contribution in [1.82, 2.24) is 0 Å². The van der Waals surface area contributed by atoms with Crippen molar-refractivity contribution in [2.75, 3.05) is 7.11 Å². The van der Waals surface area contributed by atoms with E-state index in [-0.39, 0.29) is 5.04 Å². The Morgan fingerprint density at radius 3 is 2.00 bits per heavy atom. The molecule has 0 radical (unpaired) electrons. The first kappa shape index (κ1) is 14.8. The van der Waals surface area contributed by atoms with Gasteiger partial charge in [0, 0.05) is 5.56 Å². The summed E-state index contributed by atoms with van der Waals surface area (Å²) < 4.78 is 11.3. The molecule has 1 aromatic rings. The third-order valence-corrected chi connectivity index (χ3v) is 7.97. The molecule has 1 aromatic carbocycles. The van der Waals surface area contributed by atoms with Gasteiger partial charge in [-0.15, -0.1) is 0 Å². The lowest BCUT2D eigenvalue weighted by Gasteiger charge is -2.37. The molecular formula is C15H24O2Si. The zero-order chi connectivity index (χ0) is 14.0. The van der Waals surface area contributed by atoms with Crippen LogP contribution in [0, 0.1) is 0 Å². The molecule has 18 heavy (non-hydrogen) atoms. The van der Waals surface area contributed by atoms with Gasteiger partial charge in [-0.2, -0.15) is 0 Å². The number of hydrogen-bond donors (Lipinski definition) is 0. The molecule has 0 amide bonds. The Labute approximate surface area is 112 Å². The quantitative estimate of drug-likeness (QED) is 0.580. The Morgan fingerprint density at radius 1 is 1.11 bits per heavy atom. The second kappa shape index (κ2) is 5.18. The van der Waals surface area contributed by atoms with Gasteiger partial charge >= 0.3 is 0 Å². The number of ether oxygens (including phenoxy) is 1. The van der Waals surface area contributed by atoms with Crippen LogP contribution in [-0.4, -0.2) is 15.4 Å². The fourth-order valence-corrected chi connectivity index (χ4v) is 2.34. The van der Waals surface area contributed by atoms with Crippen LogP contribution in [0.15, 0.2) is 30.8 Å². The van der Waals surface area contributed by atoms with Gasteiger partial charge in [-0.1, -0.05) is 27.4 Å². The summed E-state index contributed by atoms with van der Waals surface area (Å²) in [4.78, 5) is 0. The van der Waals surface area contributed by atoms with E-state index in [1.807, 2.05) is 24.3 Å². The van der Waals surface area contributed by atoms with E-state index in [2.05, 4.69) is 40.4 Å². The summed E-state index contributed by atoms with van der Waals surface area (Å²) in [6, 6.07) is 7.81. The van der Waals surface area contributed by atoms with Crippen LogP contribution in [-0.2, 0) is 4.43 Å². The number of hydrogen-bond acceptors (Lipinski definition) is 2. The third kappa shape index (κ3) is 3.39. The molecule has 0 saturated heterocycles. The summed E-state index contributed by atoms with van der Waals surface area (Å²) in [6.07, 6.45) is 0. The minimum Gasteiger partial charge on any atom is -0.543 e. The highest BCUT2D eigenvalue weighted by Gasteiger charge is 2.39. The number of methoxy groups -OCH3 is 1. The van der Waals surface area contributed by atoms with Gasteiger partial charge in [0.25, 0.3) is 0 Å². The van der Waals surface area contributed by atoms with Gasteiger partial charge in [0.15, 0.2) is 0 Å². The minimum absolute atomic E-state index is 0.183.